The van der Waals surface area contributed by atoms with Gasteiger partial charge in [0.1, 0.15) is 17.8 Å². The zero-order valence-corrected chi connectivity index (χ0v) is 12.0. The molecule has 0 saturated carbocycles. The van der Waals surface area contributed by atoms with E-state index in [2.05, 4.69) is 20.0 Å². The third-order valence-electron chi connectivity index (χ3n) is 2.63. The molecule has 0 aliphatic carbocycles. The standard InChI is InChI=1S/C16H16N4O2/c21-14-6-11-22-16-5-2-1-4-15(16)20-10-9-19-13-18-8-3-7-17-12-14/h1-5,7-10,13H,6,11-12H2. The van der Waals surface area contributed by atoms with Crippen molar-refractivity contribution in [1.82, 2.24) is 0 Å². The monoisotopic (exact) mass is 296 g/mol. The molecule has 0 amide bonds. The minimum atomic E-state index is 0.0155. The summed E-state index contributed by atoms with van der Waals surface area (Å²) in [5, 5.41) is 0. The summed E-state index contributed by atoms with van der Waals surface area (Å²) in [6.45, 7) is 0.434. The van der Waals surface area contributed by atoms with Crippen LogP contribution in [0, 0.1) is 0 Å². The summed E-state index contributed by atoms with van der Waals surface area (Å²) in [5.41, 5.74) is 0.681. The van der Waals surface area contributed by atoms with Gasteiger partial charge in [0, 0.05) is 31.3 Å². The molecular weight excluding hydrogens is 280 g/mol. The molecule has 6 nitrogen and oxygen atoms in total. The maximum Gasteiger partial charge on any atom is 0.157 e. The number of hydrogen-bond acceptors (Lipinski definition) is 6. The molecule has 0 radical (unpaired) electrons. The molecule has 1 aromatic rings. The van der Waals surface area contributed by atoms with Gasteiger partial charge in [-0.1, -0.05) is 12.1 Å². The third kappa shape index (κ3) is 5.62. The number of fused-ring (bicyclic) bond motifs is 1. The van der Waals surface area contributed by atoms with E-state index in [4.69, 9.17) is 4.74 Å². The van der Waals surface area contributed by atoms with Crippen molar-refractivity contribution >= 4 is 36.5 Å². The second-order valence-corrected chi connectivity index (χ2v) is 4.28. The van der Waals surface area contributed by atoms with E-state index in [9.17, 15) is 4.79 Å². The summed E-state index contributed by atoms with van der Waals surface area (Å²) in [6.07, 6.45) is 9.50. The van der Waals surface area contributed by atoms with Crippen LogP contribution >= 0.6 is 0 Å². The van der Waals surface area contributed by atoms with Crippen molar-refractivity contribution < 1.29 is 9.53 Å². The van der Waals surface area contributed by atoms with E-state index in [-0.39, 0.29) is 12.3 Å². The van der Waals surface area contributed by atoms with E-state index in [1.807, 2.05) is 24.3 Å². The van der Waals surface area contributed by atoms with E-state index in [0.29, 0.717) is 24.5 Å². The number of allylic oxidation sites excluding steroid dienone is 1. The van der Waals surface area contributed by atoms with Crippen LogP contribution in [0.1, 0.15) is 6.42 Å². The lowest BCUT2D eigenvalue weighted by Gasteiger charge is -2.07. The van der Waals surface area contributed by atoms with Crippen molar-refractivity contribution in [3.63, 3.8) is 0 Å². The molecule has 6 heteroatoms. The number of aliphatic imine (C=N–C) groups is 4. The normalized spacial score (nSPS) is 16.1. The first-order valence-electron chi connectivity index (χ1n) is 6.82. The number of benzene rings is 1. The Morgan fingerprint density at radius 3 is 2.91 bits per heavy atom. The highest BCUT2D eigenvalue weighted by Crippen LogP contribution is 2.26. The molecule has 0 atom stereocenters. The van der Waals surface area contributed by atoms with Crippen molar-refractivity contribution in [3.8, 4) is 5.75 Å². The molecule has 1 aliphatic heterocycles. The zero-order valence-electron chi connectivity index (χ0n) is 12.0. The average Bonchev–Trinajstić information content (AvgIpc) is 2.53. The van der Waals surface area contributed by atoms with Gasteiger partial charge in [-0.2, -0.15) is 0 Å². The topological polar surface area (TPSA) is 75.7 Å². The highest BCUT2D eigenvalue weighted by atomic mass is 16.5. The molecule has 112 valence electrons. The molecule has 0 aromatic heterocycles. The largest absolute Gasteiger partial charge is 0.491 e. The molecule has 1 aliphatic rings. The Bertz CT molecular complexity index is 645. The Balaban J connectivity index is 2.14. The van der Waals surface area contributed by atoms with E-state index in [1.165, 1.54) is 18.8 Å². The molecule has 0 spiro atoms. The van der Waals surface area contributed by atoms with Gasteiger partial charge in [0.2, 0.25) is 0 Å². The SMILES string of the molecule is O=C1CCOc2ccccc2N=CC=NC=NC=CC=NC1. The van der Waals surface area contributed by atoms with Crippen molar-refractivity contribution in [3.05, 3.63) is 36.5 Å². The Morgan fingerprint density at radius 2 is 1.95 bits per heavy atom. The van der Waals surface area contributed by atoms with Crippen LogP contribution in [-0.4, -0.2) is 43.9 Å². The molecule has 0 fully saturated rings. The third-order valence-corrected chi connectivity index (χ3v) is 2.63. The van der Waals surface area contributed by atoms with Gasteiger partial charge in [-0.05, 0) is 18.2 Å². The van der Waals surface area contributed by atoms with E-state index >= 15 is 0 Å². The van der Waals surface area contributed by atoms with Gasteiger partial charge in [-0.25, -0.2) is 9.98 Å². The fourth-order valence-electron chi connectivity index (χ4n) is 1.61. The van der Waals surface area contributed by atoms with Gasteiger partial charge in [-0.3, -0.25) is 14.8 Å². The summed E-state index contributed by atoms with van der Waals surface area (Å²) >= 11 is 0. The molecule has 0 saturated heterocycles. The predicted octanol–water partition coefficient (Wildman–Crippen LogP) is 2.42. The van der Waals surface area contributed by atoms with E-state index in [1.54, 1.807) is 18.5 Å². The highest BCUT2D eigenvalue weighted by Gasteiger charge is 2.04. The van der Waals surface area contributed by atoms with Crippen LogP contribution in [0.15, 0.2) is 56.5 Å². The molecule has 0 unspecified atom stereocenters. The Hall–Kier alpha value is -2.89. The number of ketones is 1. The van der Waals surface area contributed by atoms with Gasteiger partial charge >= 0.3 is 0 Å². The number of para-hydroxylation sites is 2. The van der Waals surface area contributed by atoms with Crippen molar-refractivity contribution in [2.75, 3.05) is 13.2 Å². The number of rotatable bonds is 0. The number of carbonyl (C=O) groups is 1. The van der Waals surface area contributed by atoms with Crippen LogP contribution in [0.2, 0.25) is 0 Å². The fraction of sp³-hybridized carbons (Fsp3) is 0.188. The smallest absolute Gasteiger partial charge is 0.157 e. The van der Waals surface area contributed by atoms with Crippen LogP contribution in [0.4, 0.5) is 5.69 Å². The van der Waals surface area contributed by atoms with E-state index < -0.39 is 0 Å². The van der Waals surface area contributed by atoms with E-state index in [0.717, 1.165) is 0 Å². The molecule has 0 N–H and O–H groups in total. The summed E-state index contributed by atoms with van der Waals surface area (Å²) in [4.78, 5) is 27.8. The maximum atomic E-state index is 11.6. The number of Topliss-reactive ketones (excluding diaryl/α,β-unsaturated/α-hetero) is 1. The second kappa shape index (κ2) is 9.12. The van der Waals surface area contributed by atoms with Crippen LogP contribution in [0.25, 0.3) is 0 Å². The van der Waals surface area contributed by atoms with Gasteiger partial charge in [-0.15, -0.1) is 0 Å². The molecule has 2 rings (SSSR count). The Labute approximate surface area is 128 Å². The minimum absolute atomic E-state index is 0.0155. The quantitative estimate of drug-likeness (QED) is 0.737. The molecule has 0 bridgehead atoms. The van der Waals surface area contributed by atoms with Crippen molar-refractivity contribution in [1.29, 1.82) is 0 Å². The fourth-order valence-corrected chi connectivity index (χ4v) is 1.61. The second-order valence-electron chi connectivity index (χ2n) is 4.28. The summed E-state index contributed by atoms with van der Waals surface area (Å²) in [7, 11) is 0. The number of nitrogens with zero attached hydrogens (tertiary/aromatic N) is 4. The summed E-state index contributed by atoms with van der Waals surface area (Å²) in [5.74, 6) is 0.643. The maximum absolute atomic E-state index is 11.6. The Morgan fingerprint density at radius 1 is 1.05 bits per heavy atom. The highest BCUT2D eigenvalue weighted by molar-refractivity contribution is 6.18. The van der Waals surface area contributed by atoms with Gasteiger partial charge in [0.15, 0.2) is 5.78 Å². The van der Waals surface area contributed by atoms with Crippen LogP contribution in [0.5, 0.6) is 5.75 Å². The summed E-state index contributed by atoms with van der Waals surface area (Å²) < 4.78 is 5.61. The summed E-state index contributed by atoms with van der Waals surface area (Å²) in [6, 6.07) is 7.36. The van der Waals surface area contributed by atoms with Crippen molar-refractivity contribution in [2.45, 2.75) is 6.42 Å². The van der Waals surface area contributed by atoms with Gasteiger partial charge < -0.3 is 4.74 Å². The minimum Gasteiger partial charge on any atom is -0.491 e. The number of hydrogen-bond donors (Lipinski definition) is 0. The molecule has 1 heterocycles. The van der Waals surface area contributed by atoms with Crippen LogP contribution < -0.4 is 4.74 Å². The van der Waals surface area contributed by atoms with Crippen molar-refractivity contribution in [2.24, 2.45) is 20.0 Å². The molecular formula is C16H16N4O2. The first-order valence-corrected chi connectivity index (χ1v) is 6.82. The first-order chi connectivity index (χ1) is 10.9. The number of ether oxygens (including phenoxy) is 1. The lowest BCUT2D eigenvalue weighted by molar-refractivity contribution is -0.118. The van der Waals surface area contributed by atoms with Gasteiger partial charge in [0.25, 0.3) is 0 Å². The van der Waals surface area contributed by atoms with Gasteiger partial charge in [0.05, 0.1) is 13.2 Å². The Kier molecular flexibility index (Phi) is 6.43. The van der Waals surface area contributed by atoms with Crippen LogP contribution in [-0.2, 0) is 4.79 Å². The zero-order chi connectivity index (χ0) is 15.5. The lowest BCUT2D eigenvalue weighted by Crippen LogP contribution is -2.09. The average molecular weight is 296 g/mol. The lowest BCUT2D eigenvalue weighted by atomic mass is 10.3. The molecule has 22 heavy (non-hydrogen) atoms. The molecule has 1 aromatic carbocycles. The first kappa shape index (κ1) is 15.5. The predicted molar refractivity (Wildman–Crippen MR) is 89.2 cm³/mol. The number of carbonyl (C=O) groups excluding carboxylic acids is 1. The van der Waals surface area contributed by atoms with Crippen LogP contribution in [0.3, 0.4) is 0 Å².